The fraction of sp³-hybridized carbons (Fsp3) is 0.308. The number of nitrogens with one attached hydrogen (secondary N) is 2. The quantitative estimate of drug-likeness (QED) is 0.706. The molecule has 3 rings (SSSR count). The SMILES string of the molecule is CNCc1cn2c(nc3c(C)c(C)ccc32)[nH]1. The second kappa shape index (κ2) is 3.60. The van der Waals surface area contributed by atoms with Crippen molar-refractivity contribution < 1.29 is 0 Å². The van der Waals surface area contributed by atoms with E-state index in [4.69, 9.17) is 0 Å². The standard InChI is InChI=1S/C13H16N4/c1-8-4-5-11-12(9(8)2)16-13-15-10(6-14-3)7-17(11)13/h4-5,7,14H,6H2,1-3H3,(H,15,16). The summed E-state index contributed by atoms with van der Waals surface area (Å²) in [7, 11) is 1.94. The molecule has 2 aromatic heterocycles. The van der Waals surface area contributed by atoms with Crippen LogP contribution in [0.1, 0.15) is 16.8 Å². The van der Waals surface area contributed by atoms with Crippen LogP contribution in [0.4, 0.5) is 0 Å². The summed E-state index contributed by atoms with van der Waals surface area (Å²) in [5, 5.41) is 3.13. The Balaban J connectivity index is 2.30. The van der Waals surface area contributed by atoms with Gasteiger partial charge >= 0.3 is 0 Å². The van der Waals surface area contributed by atoms with Gasteiger partial charge in [0.05, 0.1) is 11.0 Å². The van der Waals surface area contributed by atoms with Gasteiger partial charge in [-0.3, -0.25) is 4.40 Å². The fourth-order valence-electron chi connectivity index (χ4n) is 2.23. The van der Waals surface area contributed by atoms with Crippen LogP contribution in [-0.4, -0.2) is 21.4 Å². The third kappa shape index (κ3) is 1.45. The Hall–Kier alpha value is -1.81. The number of fused-ring (bicyclic) bond motifs is 3. The van der Waals surface area contributed by atoms with Crippen LogP contribution < -0.4 is 5.32 Å². The van der Waals surface area contributed by atoms with E-state index in [1.165, 1.54) is 16.6 Å². The highest BCUT2D eigenvalue weighted by atomic mass is 15.1. The predicted octanol–water partition coefficient (Wildman–Crippen LogP) is 2.15. The number of imidazole rings is 2. The van der Waals surface area contributed by atoms with E-state index >= 15 is 0 Å². The number of H-pyrrole nitrogens is 1. The van der Waals surface area contributed by atoms with Gasteiger partial charge in [-0.25, -0.2) is 4.98 Å². The van der Waals surface area contributed by atoms with Crippen molar-refractivity contribution in [2.45, 2.75) is 20.4 Å². The third-order valence-corrected chi connectivity index (χ3v) is 3.31. The fourth-order valence-corrected chi connectivity index (χ4v) is 2.23. The average molecular weight is 228 g/mol. The second-order valence-electron chi connectivity index (χ2n) is 4.49. The number of hydrogen-bond donors (Lipinski definition) is 2. The Morgan fingerprint density at radius 2 is 2.18 bits per heavy atom. The van der Waals surface area contributed by atoms with Crippen molar-refractivity contribution in [2.75, 3.05) is 7.05 Å². The second-order valence-corrected chi connectivity index (χ2v) is 4.49. The first-order valence-corrected chi connectivity index (χ1v) is 5.81. The van der Waals surface area contributed by atoms with E-state index in [1.807, 2.05) is 7.05 Å². The molecule has 0 amide bonds. The summed E-state index contributed by atoms with van der Waals surface area (Å²) >= 11 is 0. The maximum Gasteiger partial charge on any atom is 0.212 e. The highest BCUT2D eigenvalue weighted by Gasteiger charge is 2.10. The third-order valence-electron chi connectivity index (χ3n) is 3.31. The van der Waals surface area contributed by atoms with Gasteiger partial charge in [-0.05, 0) is 38.1 Å². The van der Waals surface area contributed by atoms with Gasteiger partial charge in [0.15, 0.2) is 0 Å². The first-order valence-electron chi connectivity index (χ1n) is 5.81. The zero-order chi connectivity index (χ0) is 12.0. The van der Waals surface area contributed by atoms with E-state index in [0.717, 1.165) is 23.5 Å². The molecule has 0 aliphatic carbocycles. The zero-order valence-corrected chi connectivity index (χ0v) is 10.3. The molecule has 0 saturated carbocycles. The summed E-state index contributed by atoms with van der Waals surface area (Å²) in [6.45, 7) is 5.07. The van der Waals surface area contributed by atoms with E-state index < -0.39 is 0 Å². The van der Waals surface area contributed by atoms with Crippen LogP contribution in [0.25, 0.3) is 16.8 Å². The van der Waals surface area contributed by atoms with Crippen molar-refractivity contribution in [3.05, 3.63) is 35.2 Å². The highest BCUT2D eigenvalue weighted by molar-refractivity contribution is 5.83. The number of nitrogens with zero attached hydrogens (tertiary/aromatic N) is 2. The van der Waals surface area contributed by atoms with Crippen LogP contribution in [0.3, 0.4) is 0 Å². The Morgan fingerprint density at radius 1 is 1.35 bits per heavy atom. The Bertz CT molecular complexity index is 690. The van der Waals surface area contributed by atoms with Gasteiger partial charge in [0.25, 0.3) is 0 Å². The van der Waals surface area contributed by atoms with Crippen molar-refractivity contribution in [3.8, 4) is 0 Å². The zero-order valence-electron chi connectivity index (χ0n) is 10.3. The van der Waals surface area contributed by atoms with Crippen molar-refractivity contribution in [1.29, 1.82) is 0 Å². The first-order chi connectivity index (χ1) is 8.20. The Morgan fingerprint density at radius 3 is 2.94 bits per heavy atom. The Labute approximate surface area is 99.7 Å². The van der Waals surface area contributed by atoms with Crippen molar-refractivity contribution in [2.24, 2.45) is 0 Å². The highest BCUT2D eigenvalue weighted by Crippen LogP contribution is 2.22. The predicted molar refractivity (Wildman–Crippen MR) is 69.3 cm³/mol. The maximum absolute atomic E-state index is 4.66. The van der Waals surface area contributed by atoms with Gasteiger partial charge in [0, 0.05) is 18.4 Å². The van der Waals surface area contributed by atoms with Crippen LogP contribution >= 0.6 is 0 Å². The molecule has 0 spiro atoms. The number of aromatic nitrogens is 3. The van der Waals surface area contributed by atoms with Gasteiger partial charge in [0.2, 0.25) is 5.78 Å². The minimum atomic E-state index is 0.829. The molecule has 0 bridgehead atoms. The molecule has 2 heterocycles. The number of aromatic amines is 1. The molecule has 88 valence electrons. The lowest BCUT2D eigenvalue weighted by atomic mass is 10.1. The summed E-state index contributed by atoms with van der Waals surface area (Å²) < 4.78 is 2.12. The molecular weight excluding hydrogens is 212 g/mol. The monoisotopic (exact) mass is 228 g/mol. The van der Waals surface area contributed by atoms with Crippen LogP contribution in [0, 0.1) is 13.8 Å². The molecule has 0 aliphatic rings. The van der Waals surface area contributed by atoms with E-state index in [-0.39, 0.29) is 0 Å². The van der Waals surface area contributed by atoms with Crippen LogP contribution in [0.5, 0.6) is 0 Å². The summed E-state index contributed by atoms with van der Waals surface area (Å²) in [5.41, 5.74) is 5.95. The molecule has 1 aromatic carbocycles. The summed E-state index contributed by atoms with van der Waals surface area (Å²) in [6, 6.07) is 4.28. The topological polar surface area (TPSA) is 45.1 Å². The van der Waals surface area contributed by atoms with E-state index in [9.17, 15) is 0 Å². The molecular formula is C13H16N4. The molecule has 4 nitrogen and oxygen atoms in total. The number of aryl methyl sites for hydroxylation is 2. The minimum absolute atomic E-state index is 0.829. The van der Waals surface area contributed by atoms with Crippen LogP contribution in [0.2, 0.25) is 0 Å². The molecule has 0 atom stereocenters. The summed E-state index contributed by atoms with van der Waals surface area (Å²) in [6.07, 6.45) is 2.11. The molecule has 0 unspecified atom stereocenters. The largest absolute Gasteiger partial charge is 0.326 e. The van der Waals surface area contributed by atoms with Crippen LogP contribution in [-0.2, 0) is 6.54 Å². The molecule has 0 saturated heterocycles. The van der Waals surface area contributed by atoms with Crippen LogP contribution in [0.15, 0.2) is 18.3 Å². The summed E-state index contributed by atoms with van der Waals surface area (Å²) in [5.74, 6) is 0.916. The van der Waals surface area contributed by atoms with Crippen molar-refractivity contribution in [1.82, 2.24) is 19.7 Å². The summed E-state index contributed by atoms with van der Waals surface area (Å²) in [4.78, 5) is 7.98. The van der Waals surface area contributed by atoms with Gasteiger partial charge in [0.1, 0.15) is 0 Å². The molecule has 0 radical (unpaired) electrons. The van der Waals surface area contributed by atoms with Crippen molar-refractivity contribution in [3.63, 3.8) is 0 Å². The average Bonchev–Trinajstić information content (AvgIpc) is 2.82. The van der Waals surface area contributed by atoms with Gasteiger partial charge in [-0.15, -0.1) is 0 Å². The lowest BCUT2D eigenvalue weighted by Gasteiger charge is -1.99. The van der Waals surface area contributed by atoms with E-state index in [0.29, 0.717) is 0 Å². The molecule has 3 aromatic rings. The normalized spacial score (nSPS) is 11.7. The van der Waals surface area contributed by atoms with E-state index in [1.54, 1.807) is 0 Å². The van der Waals surface area contributed by atoms with E-state index in [2.05, 4.69) is 51.9 Å². The van der Waals surface area contributed by atoms with Gasteiger partial charge in [-0.2, -0.15) is 0 Å². The lowest BCUT2D eigenvalue weighted by Crippen LogP contribution is -2.04. The van der Waals surface area contributed by atoms with Gasteiger partial charge in [-0.1, -0.05) is 6.07 Å². The van der Waals surface area contributed by atoms with Crippen molar-refractivity contribution >= 4 is 16.8 Å². The first kappa shape index (κ1) is 10.4. The number of hydrogen-bond acceptors (Lipinski definition) is 2. The Kier molecular flexibility index (Phi) is 2.19. The molecule has 0 aliphatic heterocycles. The molecule has 0 fully saturated rings. The van der Waals surface area contributed by atoms with Gasteiger partial charge < -0.3 is 10.3 Å². The lowest BCUT2D eigenvalue weighted by molar-refractivity contribution is 0.797. The molecule has 2 N–H and O–H groups in total. The maximum atomic E-state index is 4.66. The smallest absolute Gasteiger partial charge is 0.212 e. The molecule has 17 heavy (non-hydrogen) atoms. The number of benzene rings is 1. The number of rotatable bonds is 2. The molecule has 4 heteroatoms. The minimum Gasteiger partial charge on any atom is -0.326 e.